The molecule has 0 atom stereocenters. The Morgan fingerprint density at radius 2 is 0.640 bits per heavy atom. The van der Waals surface area contributed by atoms with Gasteiger partial charge in [0.05, 0.1) is 38.8 Å². The van der Waals surface area contributed by atoms with Crippen LogP contribution in [0.25, 0.3) is 140 Å². The Labute approximate surface area is 430 Å². The van der Waals surface area contributed by atoms with Crippen LogP contribution in [-0.2, 0) is 0 Å². The van der Waals surface area contributed by atoms with Crippen molar-refractivity contribution in [1.29, 1.82) is 0 Å². The first-order valence-corrected chi connectivity index (χ1v) is 25.1. The van der Waals surface area contributed by atoms with Crippen molar-refractivity contribution in [1.82, 2.24) is 43.6 Å². The van der Waals surface area contributed by atoms with Crippen LogP contribution >= 0.6 is 0 Å². The van der Waals surface area contributed by atoms with E-state index >= 15 is 0 Å². The maximum Gasteiger partial charge on any atom is 0.238 e. The summed E-state index contributed by atoms with van der Waals surface area (Å²) >= 11 is 0. The predicted molar refractivity (Wildman–Crippen MR) is 303 cm³/mol. The summed E-state index contributed by atoms with van der Waals surface area (Å²) in [6, 6.07) is 86.2. The largest absolute Gasteiger partial charge is 0.309 e. The van der Waals surface area contributed by atoms with Gasteiger partial charge in [-0.2, -0.15) is 9.97 Å². The number of fused-ring (bicyclic) bond motifs is 10. The average Bonchev–Trinajstić information content (AvgIpc) is 4.24. The molecule has 0 amide bonds. The van der Waals surface area contributed by atoms with Gasteiger partial charge in [0, 0.05) is 65.8 Å². The minimum Gasteiger partial charge on any atom is -0.309 e. The molecule has 10 aromatic carbocycles. The molecule has 0 spiro atoms. The van der Waals surface area contributed by atoms with E-state index in [1.54, 1.807) is 0 Å². The maximum absolute atomic E-state index is 5.61. The van der Waals surface area contributed by atoms with E-state index in [1.807, 2.05) is 78.9 Å². The van der Waals surface area contributed by atoms with Gasteiger partial charge in [-0.25, -0.2) is 19.9 Å². The lowest BCUT2D eigenvalue weighted by Gasteiger charge is -2.16. The third-order valence-electron chi connectivity index (χ3n) is 14.4. The molecule has 0 N–H and O–H groups in total. The van der Waals surface area contributed by atoms with Crippen molar-refractivity contribution in [3.63, 3.8) is 0 Å². The van der Waals surface area contributed by atoms with Gasteiger partial charge in [0.2, 0.25) is 5.95 Å². The lowest BCUT2D eigenvalue weighted by atomic mass is 10.1. The van der Waals surface area contributed by atoms with E-state index in [-0.39, 0.29) is 0 Å². The molecule has 0 fully saturated rings. The minimum atomic E-state index is 0.504. The van der Waals surface area contributed by atoms with Gasteiger partial charge in [-0.1, -0.05) is 200 Å². The molecule has 0 aliphatic rings. The van der Waals surface area contributed by atoms with Crippen molar-refractivity contribution in [3.8, 4) is 74.3 Å². The summed E-state index contributed by atoms with van der Waals surface area (Å²) in [6.45, 7) is 0. The molecule has 0 saturated heterocycles. The van der Waals surface area contributed by atoms with Crippen LogP contribution in [0.5, 0.6) is 0 Å². The number of hydrogen-bond acceptors (Lipinski definition) is 6. The second-order valence-electron chi connectivity index (χ2n) is 18.7. The van der Waals surface area contributed by atoms with Crippen molar-refractivity contribution >= 4 is 65.4 Å². The van der Waals surface area contributed by atoms with Gasteiger partial charge in [0.25, 0.3) is 0 Å². The van der Waals surface area contributed by atoms with E-state index in [1.165, 1.54) is 0 Å². The number of benzene rings is 10. The van der Waals surface area contributed by atoms with E-state index < -0.39 is 0 Å². The molecule has 0 radical (unpaired) electrons. The highest BCUT2D eigenvalue weighted by molar-refractivity contribution is 6.24. The van der Waals surface area contributed by atoms with Gasteiger partial charge in [0.1, 0.15) is 0 Å². The number of rotatable bonds is 8. The van der Waals surface area contributed by atoms with E-state index in [0.29, 0.717) is 35.1 Å². The van der Waals surface area contributed by atoms with Gasteiger partial charge in [-0.15, -0.1) is 0 Å². The molecule has 9 heteroatoms. The topological polar surface area (TPSA) is 92.1 Å². The maximum atomic E-state index is 5.61. The first-order chi connectivity index (χ1) is 37.2. The standard InChI is InChI=1S/C66H41N9/c1-5-22-42(23-6-1)61-67-62(43-24-7-2-8-25-43)69-64(68-61)51-33-16-20-38-56(51)74-53-35-17-13-30-46(53)48-40-41-49-47-31-14-18-36-54(47)75(60(49)59(48)74)66-71-63(44-26-9-3-10-27-44)70-65(72-66)52-34-21-39-57-58(52)50-32-15-19-37-55(50)73(57)45-28-11-4-12-29-45/h1-41H. The zero-order chi connectivity index (χ0) is 49.4. The van der Waals surface area contributed by atoms with Crippen LogP contribution in [0.4, 0.5) is 0 Å². The molecule has 0 aliphatic carbocycles. The molecular weight excluding hydrogens is 919 g/mol. The second kappa shape index (κ2) is 17.1. The number of hydrogen-bond donors (Lipinski definition) is 0. The summed E-state index contributed by atoms with van der Waals surface area (Å²) in [5, 5.41) is 6.51. The highest BCUT2D eigenvalue weighted by Crippen LogP contribution is 2.44. The van der Waals surface area contributed by atoms with Gasteiger partial charge >= 0.3 is 0 Å². The van der Waals surface area contributed by atoms with E-state index in [9.17, 15) is 0 Å². The van der Waals surface area contributed by atoms with Gasteiger partial charge in [-0.05, 0) is 48.5 Å². The van der Waals surface area contributed by atoms with Crippen LogP contribution in [-0.4, -0.2) is 43.6 Å². The van der Waals surface area contributed by atoms with Crippen molar-refractivity contribution in [3.05, 3.63) is 249 Å². The molecule has 5 aromatic heterocycles. The number of aromatic nitrogens is 9. The van der Waals surface area contributed by atoms with Gasteiger partial charge < -0.3 is 9.13 Å². The Kier molecular flexibility index (Phi) is 9.67. The lowest BCUT2D eigenvalue weighted by Crippen LogP contribution is -2.08. The summed E-state index contributed by atoms with van der Waals surface area (Å²) in [5.41, 5.74) is 12.6. The summed E-state index contributed by atoms with van der Waals surface area (Å²) in [6.07, 6.45) is 0. The van der Waals surface area contributed by atoms with Crippen LogP contribution < -0.4 is 0 Å². The van der Waals surface area contributed by atoms with Crippen molar-refractivity contribution in [2.45, 2.75) is 0 Å². The number of para-hydroxylation sites is 5. The summed E-state index contributed by atoms with van der Waals surface area (Å²) in [5.74, 6) is 3.40. The molecule has 15 aromatic rings. The molecule has 0 bridgehead atoms. The molecule has 0 unspecified atom stereocenters. The Morgan fingerprint density at radius 1 is 0.240 bits per heavy atom. The minimum absolute atomic E-state index is 0.504. The fourth-order valence-corrected chi connectivity index (χ4v) is 11.1. The molecule has 5 heterocycles. The molecule has 0 aliphatic heterocycles. The molecule has 0 saturated carbocycles. The number of nitrogens with zero attached hydrogens (tertiary/aromatic N) is 9. The quantitative estimate of drug-likeness (QED) is 0.151. The molecule has 9 nitrogen and oxygen atoms in total. The second-order valence-corrected chi connectivity index (χ2v) is 18.7. The summed E-state index contributed by atoms with van der Waals surface area (Å²) < 4.78 is 6.96. The van der Waals surface area contributed by atoms with E-state index in [2.05, 4.69) is 184 Å². The molecule has 75 heavy (non-hydrogen) atoms. The Bertz CT molecular complexity index is 4640. The first-order valence-electron chi connectivity index (χ1n) is 25.1. The summed E-state index contributed by atoms with van der Waals surface area (Å²) in [4.78, 5) is 32.0. The zero-order valence-electron chi connectivity index (χ0n) is 40.2. The normalized spacial score (nSPS) is 11.7. The van der Waals surface area contributed by atoms with E-state index in [0.717, 1.165) is 105 Å². The highest BCUT2D eigenvalue weighted by Gasteiger charge is 2.26. The molecule has 15 rings (SSSR count). The monoisotopic (exact) mass is 959 g/mol. The third-order valence-corrected chi connectivity index (χ3v) is 14.4. The smallest absolute Gasteiger partial charge is 0.238 e. The van der Waals surface area contributed by atoms with Crippen molar-refractivity contribution < 1.29 is 0 Å². The van der Waals surface area contributed by atoms with Gasteiger partial charge in [-0.3, -0.25) is 4.57 Å². The fourth-order valence-electron chi connectivity index (χ4n) is 11.1. The zero-order valence-corrected chi connectivity index (χ0v) is 40.2. The molecular formula is C66H41N9. The predicted octanol–water partition coefficient (Wildman–Crippen LogP) is 15.7. The lowest BCUT2D eigenvalue weighted by molar-refractivity contribution is 0.954. The van der Waals surface area contributed by atoms with Crippen LogP contribution in [0.2, 0.25) is 0 Å². The Balaban J connectivity index is 1.04. The molecule has 350 valence electrons. The highest BCUT2D eigenvalue weighted by atomic mass is 15.2. The third kappa shape index (κ3) is 6.79. The van der Waals surface area contributed by atoms with Gasteiger partial charge in [0.15, 0.2) is 29.1 Å². The fraction of sp³-hybridized carbons (Fsp3) is 0. The first kappa shape index (κ1) is 42.3. The van der Waals surface area contributed by atoms with Crippen LogP contribution in [0.3, 0.4) is 0 Å². The van der Waals surface area contributed by atoms with Crippen LogP contribution in [0.1, 0.15) is 0 Å². The Hall–Kier alpha value is -10.4. The van der Waals surface area contributed by atoms with Crippen LogP contribution in [0.15, 0.2) is 249 Å². The summed E-state index contributed by atoms with van der Waals surface area (Å²) in [7, 11) is 0. The van der Waals surface area contributed by atoms with E-state index in [4.69, 9.17) is 29.9 Å². The average molecular weight is 960 g/mol. The Morgan fingerprint density at radius 3 is 1.24 bits per heavy atom. The van der Waals surface area contributed by atoms with Crippen molar-refractivity contribution in [2.75, 3.05) is 0 Å². The SMILES string of the molecule is c1ccc(-c2nc(-c3ccccc3)nc(-c3ccccc3-n3c4ccccc4c4ccc5c6ccccc6n(-c6nc(-c7ccccc7)nc(-c7cccc8c7c7ccccc7n8-c7ccccc7)n6)c5c43)n2)cc1. The van der Waals surface area contributed by atoms with Crippen molar-refractivity contribution in [2.24, 2.45) is 0 Å². The van der Waals surface area contributed by atoms with Crippen LogP contribution in [0, 0.1) is 0 Å².